The highest BCUT2D eigenvalue weighted by atomic mass is 35.5. The summed E-state index contributed by atoms with van der Waals surface area (Å²) in [5, 5.41) is -0.299. The molecule has 0 saturated heterocycles. The van der Waals surface area contributed by atoms with Crippen LogP contribution in [0.2, 0.25) is 0 Å². The molecule has 0 bridgehead atoms. The van der Waals surface area contributed by atoms with Gasteiger partial charge in [0.1, 0.15) is 11.3 Å². The summed E-state index contributed by atoms with van der Waals surface area (Å²) in [4.78, 5) is 4.71. The minimum atomic E-state index is -3.33. The van der Waals surface area contributed by atoms with Crippen LogP contribution in [0, 0.1) is 0 Å². The Bertz CT molecular complexity index is 738. The van der Waals surface area contributed by atoms with Crippen molar-refractivity contribution in [3.63, 3.8) is 0 Å². The van der Waals surface area contributed by atoms with Gasteiger partial charge in [0, 0.05) is 26.5 Å². The van der Waals surface area contributed by atoms with E-state index in [-0.39, 0.29) is 10.3 Å². The summed E-state index contributed by atoms with van der Waals surface area (Å²) < 4.78 is 30.8. The second-order valence-corrected chi connectivity index (χ2v) is 7.62. The van der Waals surface area contributed by atoms with E-state index in [1.165, 1.54) is 6.26 Å². The number of benzene rings is 1. The maximum atomic E-state index is 11.9. The summed E-state index contributed by atoms with van der Waals surface area (Å²) in [5.41, 5.74) is 1.27. The lowest BCUT2D eigenvalue weighted by Crippen LogP contribution is -2.06. The maximum Gasteiger partial charge on any atom is 0.177 e. The lowest BCUT2D eigenvalue weighted by Gasteiger charge is -2.10. The molecule has 7 heteroatoms. The third kappa shape index (κ3) is 3.39. The van der Waals surface area contributed by atoms with Crippen molar-refractivity contribution in [2.24, 2.45) is 0 Å². The molecule has 0 saturated carbocycles. The second-order valence-electron chi connectivity index (χ2n) is 4.98. The van der Waals surface area contributed by atoms with E-state index in [1.807, 2.05) is 17.6 Å². The molecule has 0 radical (unpaired) electrons. The van der Waals surface area contributed by atoms with Gasteiger partial charge in [0.05, 0.1) is 15.8 Å². The first-order chi connectivity index (χ1) is 9.86. The summed E-state index contributed by atoms with van der Waals surface area (Å²) in [6.07, 6.45) is 2.00. The fraction of sp³-hybridized carbons (Fsp3) is 0.500. The van der Waals surface area contributed by atoms with E-state index in [9.17, 15) is 8.42 Å². The Hall–Kier alpha value is -1.11. The summed E-state index contributed by atoms with van der Waals surface area (Å²) in [7, 11) is -1.68. The number of rotatable bonds is 6. The number of para-hydroxylation sites is 1. The number of methoxy groups -OCH3 is 1. The Morgan fingerprint density at radius 2 is 2.14 bits per heavy atom. The highest BCUT2D eigenvalue weighted by Crippen LogP contribution is 2.28. The van der Waals surface area contributed by atoms with E-state index < -0.39 is 9.84 Å². The van der Waals surface area contributed by atoms with Crippen LogP contribution in [-0.4, -0.2) is 37.9 Å². The Morgan fingerprint density at radius 1 is 1.43 bits per heavy atom. The Morgan fingerprint density at radius 3 is 2.71 bits per heavy atom. The molecule has 1 unspecified atom stereocenters. The number of ether oxygens (including phenoxy) is 1. The molecule has 21 heavy (non-hydrogen) atoms. The third-order valence-electron chi connectivity index (χ3n) is 3.26. The lowest BCUT2D eigenvalue weighted by molar-refractivity contribution is 0.190. The standard InChI is InChI=1S/C14H19ClN2O3S/c1-10(15)14-16-13-11(17(14)8-5-9-20-2)6-4-7-12(13)21(3,18)19/h4,6-7,10H,5,8-9H2,1-3H3. The predicted octanol–water partition coefficient (Wildman–Crippen LogP) is 2.78. The number of imidazole rings is 1. The molecule has 2 aromatic rings. The number of halogens is 1. The lowest BCUT2D eigenvalue weighted by atomic mass is 10.3. The number of hydrogen-bond donors (Lipinski definition) is 0. The van der Waals surface area contributed by atoms with Crippen molar-refractivity contribution in [2.75, 3.05) is 20.0 Å². The van der Waals surface area contributed by atoms with Crippen molar-refractivity contribution < 1.29 is 13.2 Å². The van der Waals surface area contributed by atoms with E-state index >= 15 is 0 Å². The number of alkyl halides is 1. The predicted molar refractivity (Wildman–Crippen MR) is 83.6 cm³/mol. The van der Waals surface area contributed by atoms with Crippen LogP contribution < -0.4 is 0 Å². The third-order valence-corrected chi connectivity index (χ3v) is 4.58. The number of aromatic nitrogens is 2. The van der Waals surface area contributed by atoms with E-state index in [0.717, 1.165) is 11.9 Å². The summed E-state index contributed by atoms with van der Waals surface area (Å²) >= 11 is 6.20. The van der Waals surface area contributed by atoms with Crippen molar-refractivity contribution >= 4 is 32.5 Å². The van der Waals surface area contributed by atoms with Gasteiger partial charge in [-0.3, -0.25) is 0 Å². The van der Waals surface area contributed by atoms with Gasteiger partial charge in [0.25, 0.3) is 0 Å². The van der Waals surface area contributed by atoms with Crippen molar-refractivity contribution in [3.8, 4) is 0 Å². The molecule has 1 heterocycles. The molecule has 0 fully saturated rings. The molecule has 2 rings (SSSR count). The number of fused-ring (bicyclic) bond motifs is 1. The average Bonchev–Trinajstić information content (AvgIpc) is 2.77. The highest BCUT2D eigenvalue weighted by Gasteiger charge is 2.20. The van der Waals surface area contributed by atoms with Gasteiger partial charge in [0.15, 0.2) is 9.84 Å². The van der Waals surface area contributed by atoms with Gasteiger partial charge in [0.2, 0.25) is 0 Å². The average molecular weight is 331 g/mol. The first-order valence-corrected chi connectivity index (χ1v) is 9.01. The summed E-state index contributed by atoms with van der Waals surface area (Å²) in [5.74, 6) is 0.680. The summed E-state index contributed by atoms with van der Waals surface area (Å²) in [6, 6.07) is 5.18. The number of hydrogen-bond acceptors (Lipinski definition) is 4. The van der Waals surface area contributed by atoms with Crippen LogP contribution in [-0.2, 0) is 21.1 Å². The first-order valence-electron chi connectivity index (χ1n) is 6.68. The Balaban J connectivity index is 2.63. The number of nitrogens with zero attached hydrogens (tertiary/aromatic N) is 2. The zero-order valence-electron chi connectivity index (χ0n) is 12.3. The van der Waals surface area contributed by atoms with Crippen molar-refractivity contribution in [3.05, 3.63) is 24.0 Å². The van der Waals surface area contributed by atoms with Gasteiger partial charge < -0.3 is 9.30 Å². The molecular weight excluding hydrogens is 312 g/mol. The maximum absolute atomic E-state index is 11.9. The van der Waals surface area contributed by atoms with Crippen molar-refractivity contribution in [2.45, 2.75) is 30.2 Å². The monoisotopic (exact) mass is 330 g/mol. The molecular formula is C14H19ClN2O3S. The molecule has 0 N–H and O–H groups in total. The molecule has 1 aromatic heterocycles. The minimum Gasteiger partial charge on any atom is -0.385 e. The minimum absolute atomic E-state index is 0.240. The van der Waals surface area contributed by atoms with E-state index in [2.05, 4.69) is 4.98 Å². The zero-order valence-corrected chi connectivity index (χ0v) is 13.9. The largest absolute Gasteiger partial charge is 0.385 e. The molecule has 0 aliphatic carbocycles. The van der Waals surface area contributed by atoms with Crippen molar-refractivity contribution in [1.82, 2.24) is 9.55 Å². The molecule has 0 aliphatic heterocycles. The normalized spacial score (nSPS) is 13.7. The zero-order chi connectivity index (χ0) is 15.6. The van der Waals surface area contributed by atoms with Crippen LogP contribution in [0.15, 0.2) is 23.1 Å². The van der Waals surface area contributed by atoms with Gasteiger partial charge >= 0.3 is 0 Å². The fourth-order valence-electron chi connectivity index (χ4n) is 2.34. The van der Waals surface area contributed by atoms with Crippen LogP contribution in [0.5, 0.6) is 0 Å². The second kappa shape index (κ2) is 6.34. The first kappa shape index (κ1) is 16.3. The van der Waals surface area contributed by atoms with Crippen LogP contribution in [0.25, 0.3) is 11.0 Å². The highest BCUT2D eigenvalue weighted by molar-refractivity contribution is 7.91. The molecule has 0 spiro atoms. The number of sulfone groups is 1. The molecule has 1 aromatic carbocycles. The van der Waals surface area contributed by atoms with E-state index in [0.29, 0.717) is 24.5 Å². The Kier molecular flexibility index (Phi) is 4.91. The topological polar surface area (TPSA) is 61.2 Å². The van der Waals surface area contributed by atoms with Crippen LogP contribution in [0.3, 0.4) is 0 Å². The van der Waals surface area contributed by atoms with E-state index in [1.54, 1.807) is 19.2 Å². The smallest absolute Gasteiger partial charge is 0.177 e. The quantitative estimate of drug-likeness (QED) is 0.603. The van der Waals surface area contributed by atoms with Gasteiger partial charge in [-0.2, -0.15) is 0 Å². The molecule has 0 aliphatic rings. The molecule has 116 valence electrons. The SMILES string of the molecule is COCCCn1c(C(C)Cl)nc2c(S(C)(=O)=O)cccc21. The van der Waals surface area contributed by atoms with Gasteiger partial charge in [-0.1, -0.05) is 6.07 Å². The van der Waals surface area contributed by atoms with Gasteiger partial charge in [-0.15, -0.1) is 11.6 Å². The van der Waals surface area contributed by atoms with Crippen LogP contribution >= 0.6 is 11.6 Å². The molecule has 5 nitrogen and oxygen atoms in total. The summed E-state index contributed by atoms with van der Waals surface area (Å²) in [6.45, 7) is 3.14. The van der Waals surface area contributed by atoms with Crippen molar-refractivity contribution in [1.29, 1.82) is 0 Å². The van der Waals surface area contributed by atoms with E-state index in [4.69, 9.17) is 16.3 Å². The van der Waals surface area contributed by atoms with Crippen LogP contribution in [0.4, 0.5) is 0 Å². The fourth-order valence-corrected chi connectivity index (χ4v) is 3.34. The molecule has 1 atom stereocenters. The van der Waals surface area contributed by atoms with Crippen LogP contribution in [0.1, 0.15) is 24.5 Å². The molecule has 0 amide bonds. The number of aryl methyl sites for hydroxylation is 1. The van der Waals surface area contributed by atoms with Gasteiger partial charge in [-0.05, 0) is 25.5 Å². The van der Waals surface area contributed by atoms with Gasteiger partial charge in [-0.25, -0.2) is 13.4 Å². The Labute approximate surface area is 129 Å².